The number of carbonyl (C=O) groups is 1. The molecule has 3 heterocycles. The molecule has 1 aliphatic heterocycles. The van der Waals surface area contributed by atoms with Crippen LogP contribution >= 0.6 is 0 Å². The third-order valence-corrected chi connectivity index (χ3v) is 4.50. The molecule has 1 amide bonds. The van der Waals surface area contributed by atoms with Gasteiger partial charge in [-0.05, 0) is 30.3 Å². The van der Waals surface area contributed by atoms with Crippen LogP contribution < -0.4 is 15.1 Å². The summed E-state index contributed by atoms with van der Waals surface area (Å²) in [5.41, 5.74) is -0.0877. The Kier molecular flexibility index (Phi) is 5.23. The lowest BCUT2D eigenvalue weighted by molar-refractivity contribution is 0.102. The number of carbonyl (C=O) groups excluding carboxylic acids is 1. The molecule has 8 nitrogen and oxygen atoms in total. The van der Waals surface area contributed by atoms with Crippen molar-refractivity contribution in [2.24, 2.45) is 0 Å². The molecule has 1 N–H and O–H groups in total. The maximum Gasteiger partial charge on any atom is 0.276 e. The second kappa shape index (κ2) is 8.13. The van der Waals surface area contributed by atoms with Gasteiger partial charge >= 0.3 is 0 Å². The van der Waals surface area contributed by atoms with Crippen molar-refractivity contribution in [1.82, 2.24) is 20.2 Å². The quantitative estimate of drug-likeness (QED) is 0.722. The molecule has 0 saturated carbocycles. The van der Waals surface area contributed by atoms with Crippen molar-refractivity contribution in [2.45, 2.75) is 0 Å². The minimum absolute atomic E-state index is 0.0359. The van der Waals surface area contributed by atoms with Crippen molar-refractivity contribution in [1.29, 1.82) is 0 Å². The number of anilines is 3. The van der Waals surface area contributed by atoms with Crippen molar-refractivity contribution in [2.75, 3.05) is 41.3 Å². The van der Waals surface area contributed by atoms with E-state index in [0.717, 1.165) is 25.2 Å². The highest BCUT2D eigenvalue weighted by atomic mass is 19.1. The third-order valence-electron chi connectivity index (χ3n) is 4.50. The van der Waals surface area contributed by atoms with Crippen LogP contribution in [0.3, 0.4) is 0 Å². The average Bonchev–Trinajstić information content (AvgIpc) is 2.76. The lowest BCUT2D eigenvalue weighted by Crippen LogP contribution is -2.47. The van der Waals surface area contributed by atoms with Crippen LogP contribution in [0.5, 0.6) is 0 Å². The Bertz CT molecular complexity index is 993. The van der Waals surface area contributed by atoms with Gasteiger partial charge in [-0.3, -0.25) is 4.79 Å². The summed E-state index contributed by atoms with van der Waals surface area (Å²) in [6, 6.07) is 7.90. The fourth-order valence-corrected chi connectivity index (χ4v) is 2.98. The van der Waals surface area contributed by atoms with Gasteiger partial charge in [0, 0.05) is 44.6 Å². The molecule has 1 fully saturated rings. The van der Waals surface area contributed by atoms with Gasteiger partial charge in [0.15, 0.2) is 11.5 Å². The Morgan fingerprint density at radius 3 is 2.31 bits per heavy atom. The van der Waals surface area contributed by atoms with E-state index in [1.54, 1.807) is 24.5 Å². The molecule has 4 rings (SSSR count). The van der Waals surface area contributed by atoms with E-state index in [-0.39, 0.29) is 11.4 Å². The van der Waals surface area contributed by atoms with E-state index < -0.39 is 17.5 Å². The van der Waals surface area contributed by atoms with Gasteiger partial charge in [0.05, 0.1) is 5.69 Å². The third kappa shape index (κ3) is 4.26. The van der Waals surface area contributed by atoms with Gasteiger partial charge < -0.3 is 15.1 Å². The second-order valence-corrected chi connectivity index (χ2v) is 6.38. The molecule has 1 aromatic carbocycles. The van der Waals surface area contributed by atoms with E-state index >= 15 is 0 Å². The van der Waals surface area contributed by atoms with Crippen molar-refractivity contribution in [3.8, 4) is 0 Å². The van der Waals surface area contributed by atoms with Gasteiger partial charge in [-0.2, -0.15) is 0 Å². The van der Waals surface area contributed by atoms with Gasteiger partial charge in [0.1, 0.15) is 11.6 Å². The van der Waals surface area contributed by atoms with Gasteiger partial charge in [-0.25, -0.2) is 18.7 Å². The van der Waals surface area contributed by atoms with Crippen LogP contribution in [0.25, 0.3) is 0 Å². The molecular weight excluding hydrogens is 380 g/mol. The van der Waals surface area contributed by atoms with E-state index in [1.165, 1.54) is 6.07 Å². The number of piperazine rings is 1. The van der Waals surface area contributed by atoms with Crippen LogP contribution in [0.1, 0.15) is 10.5 Å². The predicted octanol–water partition coefficient (Wildman–Crippen LogP) is 2.12. The molecule has 148 valence electrons. The number of halogens is 2. The highest BCUT2D eigenvalue weighted by Gasteiger charge is 2.20. The summed E-state index contributed by atoms with van der Waals surface area (Å²) in [5, 5.41) is 10.4. The summed E-state index contributed by atoms with van der Waals surface area (Å²) in [6.07, 6.45) is 3.42. The predicted molar refractivity (Wildman–Crippen MR) is 103 cm³/mol. The standard InChI is InChI=1S/C19H17F2N7O/c20-13-2-3-15(14(21)12-13)24-18(29)16-4-5-17(26-25-16)27-8-10-28(11-9-27)19-22-6-1-7-23-19/h1-7,12H,8-11H2,(H,24,29). The molecule has 0 radical (unpaired) electrons. The van der Waals surface area contributed by atoms with Crippen molar-refractivity contribution < 1.29 is 13.6 Å². The fraction of sp³-hybridized carbons (Fsp3) is 0.211. The molecule has 29 heavy (non-hydrogen) atoms. The van der Waals surface area contributed by atoms with Crippen molar-refractivity contribution in [3.05, 3.63) is 66.1 Å². The number of rotatable bonds is 4. The highest BCUT2D eigenvalue weighted by molar-refractivity contribution is 6.02. The molecule has 3 aromatic rings. The molecule has 0 spiro atoms. The number of aromatic nitrogens is 4. The maximum atomic E-state index is 13.7. The topological polar surface area (TPSA) is 87.1 Å². The lowest BCUT2D eigenvalue weighted by atomic mass is 10.2. The Balaban J connectivity index is 1.37. The van der Waals surface area contributed by atoms with Crippen molar-refractivity contribution >= 4 is 23.4 Å². The van der Waals surface area contributed by atoms with Gasteiger partial charge in [0.25, 0.3) is 5.91 Å². The zero-order valence-corrected chi connectivity index (χ0v) is 15.3. The first-order valence-electron chi connectivity index (χ1n) is 8.97. The SMILES string of the molecule is O=C(Nc1ccc(F)cc1F)c1ccc(N2CCN(c3ncccn3)CC2)nn1. The molecule has 0 aliphatic carbocycles. The van der Waals surface area contributed by atoms with E-state index in [4.69, 9.17) is 0 Å². The van der Waals surface area contributed by atoms with Gasteiger partial charge in [-0.15, -0.1) is 10.2 Å². The number of hydrogen-bond donors (Lipinski definition) is 1. The van der Waals surface area contributed by atoms with Crippen LogP contribution in [-0.4, -0.2) is 52.3 Å². The summed E-state index contributed by atoms with van der Waals surface area (Å²) in [4.78, 5) is 24.9. The molecule has 1 aliphatic rings. The number of nitrogens with zero attached hydrogens (tertiary/aromatic N) is 6. The number of hydrogen-bond acceptors (Lipinski definition) is 7. The Morgan fingerprint density at radius 1 is 0.931 bits per heavy atom. The summed E-state index contributed by atoms with van der Waals surface area (Å²) in [7, 11) is 0. The Hall–Kier alpha value is -3.69. The largest absolute Gasteiger partial charge is 0.352 e. The number of nitrogens with one attached hydrogen (secondary N) is 1. The lowest BCUT2D eigenvalue weighted by Gasteiger charge is -2.35. The van der Waals surface area contributed by atoms with Crippen LogP contribution in [0.15, 0.2) is 48.8 Å². The summed E-state index contributed by atoms with van der Waals surface area (Å²) in [5.74, 6) is -0.867. The first-order chi connectivity index (χ1) is 14.1. The maximum absolute atomic E-state index is 13.7. The number of amides is 1. The Labute approximate surface area is 165 Å². The summed E-state index contributed by atoms with van der Waals surface area (Å²) >= 11 is 0. The fourth-order valence-electron chi connectivity index (χ4n) is 2.98. The molecule has 0 atom stereocenters. The first-order valence-corrected chi connectivity index (χ1v) is 8.97. The zero-order chi connectivity index (χ0) is 20.2. The minimum Gasteiger partial charge on any atom is -0.352 e. The highest BCUT2D eigenvalue weighted by Crippen LogP contribution is 2.18. The van der Waals surface area contributed by atoms with Crippen LogP contribution in [0.2, 0.25) is 0 Å². The number of benzene rings is 1. The normalized spacial score (nSPS) is 14.0. The second-order valence-electron chi connectivity index (χ2n) is 6.38. The van der Waals surface area contributed by atoms with E-state index in [9.17, 15) is 13.6 Å². The smallest absolute Gasteiger partial charge is 0.276 e. The van der Waals surface area contributed by atoms with Crippen molar-refractivity contribution in [3.63, 3.8) is 0 Å². The van der Waals surface area contributed by atoms with Crippen LogP contribution in [0, 0.1) is 11.6 Å². The zero-order valence-electron chi connectivity index (χ0n) is 15.3. The molecule has 0 bridgehead atoms. The molecule has 1 saturated heterocycles. The monoisotopic (exact) mass is 397 g/mol. The van der Waals surface area contributed by atoms with E-state index in [2.05, 4.69) is 30.4 Å². The molecule has 2 aromatic heterocycles. The average molecular weight is 397 g/mol. The molecule has 10 heteroatoms. The van der Waals surface area contributed by atoms with Crippen LogP contribution in [0.4, 0.5) is 26.2 Å². The van der Waals surface area contributed by atoms with Gasteiger partial charge in [0.2, 0.25) is 5.95 Å². The minimum atomic E-state index is -0.858. The first kappa shape index (κ1) is 18.7. The van der Waals surface area contributed by atoms with Gasteiger partial charge in [-0.1, -0.05) is 0 Å². The van der Waals surface area contributed by atoms with E-state index in [0.29, 0.717) is 30.9 Å². The summed E-state index contributed by atoms with van der Waals surface area (Å²) in [6.45, 7) is 2.88. The molecular formula is C19H17F2N7O. The van der Waals surface area contributed by atoms with Crippen LogP contribution in [-0.2, 0) is 0 Å². The summed E-state index contributed by atoms with van der Waals surface area (Å²) < 4.78 is 26.6. The van der Waals surface area contributed by atoms with E-state index in [1.807, 2.05) is 4.90 Å². The molecule has 0 unspecified atom stereocenters. The Morgan fingerprint density at radius 2 is 1.66 bits per heavy atom.